The SMILES string of the molecule is CNC1CC2CCC(C1)N2c1ccc(CCO)cc1. The summed E-state index contributed by atoms with van der Waals surface area (Å²) in [4.78, 5) is 2.64. The zero-order valence-corrected chi connectivity index (χ0v) is 11.7. The molecule has 3 heteroatoms. The van der Waals surface area contributed by atoms with Gasteiger partial charge in [0.15, 0.2) is 0 Å². The number of aliphatic hydroxyl groups excluding tert-OH is 1. The first-order chi connectivity index (χ1) is 9.31. The molecule has 0 saturated carbocycles. The zero-order valence-electron chi connectivity index (χ0n) is 11.7. The van der Waals surface area contributed by atoms with Crippen LogP contribution < -0.4 is 10.2 Å². The molecule has 3 rings (SSSR count). The smallest absolute Gasteiger partial charge is 0.0471 e. The summed E-state index contributed by atoms with van der Waals surface area (Å²) in [6.45, 7) is 0.234. The lowest BCUT2D eigenvalue weighted by molar-refractivity contribution is 0.299. The third kappa shape index (κ3) is 2.49. The average Bonchev–Trinajstić information content (AvgIpc) is 2.70. The van der Waals surface area contributed by atoms with Crippen molar-refractivity contribution in [3.63, 3.8) is 0 Å². The van der Waals surface area contributed by atoms with E-state index in [4.69, 9.17) is 5.11 Å². The van der Waals surface area contributed by atoms with Gasteiger partial charge in [0.1, 0.15) is 0 Å². The fraction of sp³-hybridized carbons (Fsp3) is 0.625. The number of piperidine rings is 1. The van der Waals surface area contributed by atoms with Gasteiger partial charge in [0.25, 0.3) is 0 Å². The van der Waals surface area contributed by atoms with Gasteiger partial charge in [-0.15, -0.1) is 0 Å². The molecule has 0 radical (unpaired) electrons. The second-order valence-corrected chi connectivity index (χ2v) is 5.89. The van der Waals surface area contributed by atoms with Crippen LogP contribution in [-0.2, 0) is 6.42 Å². The number of anilines is 1. The molecule has 0 spiro atoms. The summed E-state index contributed by atoms with van der Waals surface area (Å²) in [5, 5.41) is 12.4. The summed E-state index contributed by atoms with van der Waals surface area (Å²) in [5.74, 6) is 0. The first kappa shape index (κ1) is 12.9. The Morgan fingerprint density at radius 1 is 1.16 bits per heavy atom. The van der Waals surface area contributed by atoms with Crippen molar-refractivity contribution < 1.29 is 5.11 Å². The van der Waals surface area contributed by atoms with Crippen LogP contribution in [0.5, 0.6) is 0 Å². The maximum absolute atomic E-state index is 8.97. The first-order valence-corrected chi connectivity index (χ1v) is 7.47. The fourth-order valence-corrected chi connectivity index (χ4v) is 3.80. The monoisotopic (exact) mass is 260 g/mol. The Kier molecular flexibility index (Phi) is 3.76. The number of hydrogen-bond acceptors (Lipinski definition) is 3. The molecule has 0 aromatic heterocycles. The van der Waals surface area contributed by atoms with Crippen molar-refractivity contribution in [2.45, 2.75) is 50.2 Å². The summed E-state index contributed by atoms with van der Waals surface area (Å²) in [6.07, 6.45) is 5.97. The molecule has 2 aliphatic rings. The Labute approximate surface area is 115 Å². The Morgan fingerprint density at radius 2 is 1.79 bits per heavy atom. The van der Waals surface area contributed by atoms with Crippen molar-refractivity contribution in [3.8, 4) is 0 Å². The number of aliphatic hydroxyl groups is 1. The predicted molar refractivity (Wildman–Crippen MR) is 78.6 cm³/mol. The molecule has 0 aliphatic carbocycles. The first-order valence-electron chi connectivity index (χ1n) is 7.47. The molecule has 2 fully saturated rings. The number of benzene rings is 1. The summed E-state index contributed by atoms with van der Waals surface area (Å²) in [7, 11) is 2.09. The highest BCUT2D eigenvalue weighted by molar-refractivity contribution is 5.51. The van der Waals surface area contributed by atoms with Crippen LogP contribution in [0.2, 0.25) is 0 Å². The second kappa shape index (κ2) is 5.51. The Balaban J connectivity index is 1.76. The Bertz CT molecular complexity index is 403. The maximum atomic E-state index is 8.97. The maximum Gasteiger partial charge on any atom is 0.0471 e. The lowest BCUT2D eigenvalue weighted by Gasteiger charge is -2.40. The molecule has 2 atom stereocenters. The van der Waals surface area contributed by atoms with Crippen LogP contribution in [0.4, 0.5) is 5.69 Å². The summed E-state index contributed by atoms with van der Waals surface area (Å²) in [5.41, 5.74) is 2.59. The van der Waals surface area contributed by atoms with E-state index in [1.165, 1.54) is 36.9 Å². The van der Waals surface area contributed by atoms with E-state index in [0.29, 0.717) is 18.1 Å². The largest absolute Gasteiger partial charge is 0.396 e. The summed E-state index contributed by atoms with van der Waals surface area (Å²) in [6, 6.07) is 10.9. The molecule has 2 heterocycles. The van der Waals surface area contributed by atoms with Gasteiger partial charge in [0.05, 0.1) is 0 Å². The minimum atomic E-state index is 0.234. The molecule has 1 aromatic carbocycles. The van der Waals surface area contributed by atoms with Gasteiger partial charge in [-0.05, 0) is 56.8 Å². The van der Waals surface area contributed by atoms with Gasteiger partial charge in [0, 0.05) is 30.4 Å². The van der Waals surface area contributed by atoms with Crippen molar-refractivity contribution in [2.75, 3.05) is 18.6 Å². The van der Waals surface area contributed by atoms with Gasteiger partial charge >= 0.3 is 0 Å². The highest BCUT2D eigenvalue weighted by atomic mass is 16.2. The number of nitrogens with one attached hydrogen (secondary N) is 1. The predicted octanol–water partition coefficient (Wildman–Crippen LogP) is 1.94. The third-order valence-corrected chi connectivity index (χ3v) is 4.78. The Morgan fingerprint density at radius 3 is 2.32 bits per heavy atom. The summed E-state index contributed by atoms with van der Waals surface area (Å²) < 4.78 is 0. The van der Waals surface area contributed by atoms with E-state index < -0.39 is 0 Å². The van der Waals surface area contributed by atoms with Crippen LogP contribution in [-0.4, -0.2) is 36.9 Å². The van der Waals surface area contributed by atoms with E-state index in [-0.39, 0.29) is 6.61 Å². The molecule has 2 aliphatic heterocycles. The van der Waals surface area contributed by atoms with E-state index in [9.17, 15) is 0 Å². The van der Waals surface area contributed by atoms with Crippen molar-refractivity contribution in [1.29, 1.82) is 0 Å². The molecule has 19 heavy (non-hydrogen) atoms. The van der Waals surface area contributed by atoms with Crippen LogP contribution in [0.15, 0.2) is 24.3 Å². The van der Waals surface area contributed by atoms with Crippen molar-refractivity contribution in [1.82, 2.24) is 5.32 Å². The quantitative estimate of drug-likeness (QED) is 0.868. The van der Waals surface area contributed by atoms with Crippen LogP contribution in [0, 0.1) is 0 Å². The summed E-state index contributed by atoms with van der Waals surface area (Å²) >= 11 is 0. The molecule has 2 N–H and O–H groups in total. The number of fused-ring (bicyclic) bond motifs is 2. The van der Waals surface area contributed by atoms with Gasteiger partial charge in [-0.25, -0.2) is 0 Å². The fourth-order valence-electron chi connectivity index (χ4n) is 3.80. The molecule has 2 saturated heterocycles. The van der Waals surface area contributed by atoms with Gasteiger partial charge in [-0.3, -0.25) is 0 Å². The van der Waals surface area contributed by atoms with Crippen LogP contribution in [0.3, 0.4) is 0 Å². The van der Waals surface area contributed by atoms with E-state index in [2.05, 4.69) is 41.5 Å². The lowest BCUT2D eigenvalue weighted by Crippen LogP contribution is -2.48. The number of nitrogens with zero attached hydrogens (tertiary/aromatic N) is 1. The lowest BCUT2D eigenvalue weighted by atomic mass is 9.96. The zero-order chi connectivity index (χ0) is 13.2. The van der Waals surface area contributed by atoms with Crippen LogP contribution >= 0.6 is 0 Å². The van der Waals surface area contributed by atoms with Crippen molar-refractivity contribution in [2.24, 2.45) is 0 Å². The molecular formula is C16H24N2O. The number of hydrogen-bond donors (Lipinski definition) is 2. The molecule has 2 unspecified atom stereocenters. The highest BCUT2D eigenvalue weighted by Gasteiger charge is 2.40. The van der Waals surface area contributed by atoms with Gasteiger partial charge < -0.3 is 15.3 Å². The van der Waals surface area contributed by atoms with Gasteiger partial charge in [-0.2, -0.15) is 0 Å². The molecule has 1 aromatic rings. The topological polar surface area (TPSA) is 35.5 Å². The Hall–Kier alpha value is -1.06. The van der Waals surface area contributed by atoms with Crippen LogP contribution in [0.25, 0.3) is 0 Å². The molecular weight excluding hydrogens is 236 g/mol. The van der Waals surface area contributed by atoms with Crippen molar-refractivity contribution >= 4 is 5.69 Å². The number of rotatable bonds is 4. The normalized spacial score (nSPS) is 29.8. The van der Waals surface area contributed by atoms with Gasteiger partial charge in [0.2, 0.25) is 0 Å². The highest BCUT2D eigenvalue weighted by Crippen LogP contribution is 2.39. The minimum absolute atomic E-state index is 0.234. The van der Waals surface area contributed by atoms with Gasteiger partial charge in [-0.1, -0.05) is 12.1 Å². The van der Waals surface area contributed by atoms with Crippen molar-refractivity contribution in [3.05, 3.63) is 29.8 Å². The van der Waals surface area contributed by atoms with E-state index in [0.717, 1.165) is 6.42 Å². The average molecular weight is 260 g/mol. The van der Waals surface area contributed by atoms with E-state index in [1.807, 2.05) is 0 Å². The van der Waals surface area contributed by atoms with E-state index in [1.54, 1.807) is 0 Å². The van der Waals surface area contributed by atoms with E-state index >= 15 is 0 Å². The van der Waals surface area contributed by atoms with Crippen LogP contribution in [0.1, 0.15) is 31.2 Å². The standard InChI is InChI=1S/C16H24N2O/c1-17-13-10-15-6-7-16(11-13)18(15)14-4-2-12(3-5-14)8-9-19/h2-5,13,15-17,19H,6-11H2,1H3. The molecule has 0 amide bonds. The minimum Gasteiger partial charge on any atom is -0.396 e. The third-order valence-electron chi connectivity index (χ3n) is 4.78. The molecule has 104 valence electrons. The molecule has 3 nitrogen and oxygen atoms in total. The second-order valence-electron chi connectivity index (χ2n) is 5.89. The molecule has 2 bridgehead atoms.